The molecule has 0 aliphatic carbocycles. The molecule has 4 aromatic rings. The molecule has 3 aromatic carbocycles. The number of H-pyrrole nitrogens is 1. The minimum absolute atomic E-state index is 0.0299. The number of piperidine rings is 1. The van der Waals surface area contributed by atoms with Gasteiger partial charge in [0.05, 0.1) is 5.56 Å². The number of nitrogens with one attached hydrogen (secondary N) is 1. The van der Waals surface area contributed by atoms with E-state index < -0.39 is 0 Å². The van der Waals surface area contributed by atoms with Crippen molar-refractivity contribution in [2.24, 2.45) is 0 Å². The largest absolute Gasteiger partial charge is 0.427 e. The molecule has 1 saturated heterocycles. The number of nitrogens with zero attached hydrogens (tertiary/aromatic N) is 2. The number of aryl methyl sites for hydroxylation is 1. The fourth-order valence-corrected chi connectivity index (χ4v) is 5.35. The number of para-hydroxylation sites is 1. The number of benzene rings is 3. The zero-order chi connectivity index (χ0) is 25.8. The highest BCUT2D eigenvalue weighted by molar-refractivity contribution is 6.15. The summed E-state index contributed by atoms with van der Waals surface area (Å²) < 4.78 is 5.31. The van der Waals surface area contributed by atoms with Crippen LogP contribution in [-0.2, 0) is 11.2 Å². The van der Waals surface area contributed by atoms with Crippen molar-refractivity contribution in [3.05, 3.63) is 95.7 Å². The van der Waals surface area contributed by atoms with Crippen LogP contribution in [0.2, 0.25) is 0 Å². The second-order valence-electron chi connectivity index (χ2n) is 9.75. The molecule has 0 bridgehead atoms. The quantitative estimate of drug-likeness (QED) is 0.262. The SMILES string of the molecule is CC(=O)Oc1ccc2[nH]c(C)c(C(=O)N(c3ccccc3)C3CCN(CCc4ccccc4)CC3)c2c1. The number of aromatic nitrogens is 1. The summed E-state index contributed by atoms with van der Waals surface area (Å²) >= 11 is 0. The maximum Gasteiger partial charge on any atom is 0.308 e. The number of ether oxygens (including phenoxy) is 1. The zero-order valence-corrected chi connectivity index (χ0v) is 21.4. The lowest BCUT2D eigenvalue weighted by Crippen LogP contribution is -2.48. The molecule has 6 nitrogen and oxygen atoms in total. The van der Waals surface area contributed by atoms with Crippen LogP contribution >= 0.6 is 0 Å². The maximum atomic E-state index is 14.3. The summed E-state index contributed by atoms with van der Waals surface area (Å²) in [6, 6.07) is 26.0. The smallest absolute Gasteiger partial charge is 0.308 e. The normalized spacial score (nSPS) is 14.5. The molecule has 0 unspecified atom stereocenters. The number of carbonyl (C=O) groups excluding carboxylic acids is 2. The summed E-state index contributed by atoms with van der Waals surface area (Å²) in [5, 5.41) is 0.766. The van der Waals surface area contributed by atoms with Crippen LogP contribution in [0.1, 0.15) is 41.4 Å². The van der Waals surface area contributed by atoms with E-state index in [1.807, 2.05) is 48.2 Å². The van der Waals surface area contributed by atoms with Crippen molar-refractivity contribution < 1.29 is 14.3 Å². The average Bonchev–Trinajstić information content (AvgIpc) is 3.24. The van der Waals surface area contributed by atoms with Crippen molar-refractivity contribution >= 4 is 28.5 Å². The molecule has 1 N–H and O–H groups in total. The Morgan fingerprint density at radius 1 is 0.973 bits per heavy atom. The van der Waals surface area contributed by atoms with Crippen LogP contribution < -0.4 is 9.64 Å². The van der Waals surface area contributed by atoms with Crippen molar-refractivity contribution in [3.63, 3.8) is 0 Å². The second-order valence-corrected chi connectivity index (χ2v) is 9.75. The van der Waals surface area contributed by atoms with E-state index in [1.54, 1.807) is 12.1 Å². The highest BCUT2D eigenvalue weighted by Gasteiger charge is 2.32. The van der Waals surface area contributed by atoms with E-state index in [4.69, 9.17) is 4.74 Å². The molecule has 190 valence electrons. The van der Waals surface area contributed by atoms with E-state index in [9.17, 15) is 9.59 Å². The molecule has 1 aliphatic heterocycles. The monoisotopic (exact) mass is 495 g/mol. The van der Waals surface area contributed by atoms with Crippen molar-refractivity contribution in [3.8, 4) is 5.75 Å². The Kier molecular flexibility index (Phi) is 7.37. The first-order chi connectivity index (χ1) is 18.0. The molecular formula is C31H33N3O3. The van der Waals surface area contributed by atoms with Crippen LogP contribution in [0, 0.1) is 6.92 Å². The van der Waals surface area contributed by atoms with Gasteiger partial charge in [-0.15, -0.1) is 0 Å². The van der Waals surface area contributed by atoms with E-state index in [0.717, 1.165) is 61.2 Å². The predicted octanol–water partition coefficient (Wildman–Crippen LogP) is 5.76. The Labute approximate surface area is 217 Å². The molecular weight excluding hydrogens is 462 g/mol. The molecule has 1 amide bonds. The summed E-state index contributed by atoms with van der Waals surface area (Å²) in [6.07, 6.45) is 2.86. The number of carbonyl (C=O) groups is 2. The zero-order valence-electron chi connectivity index (χ0n) is 21.4. The van der Waals surface area contributed by atoms with Crippen molar-refractivity contribution in [2.45, 2.75) is 39.2 Å². The van der Waals surface area contributed by atoms with Gasteiger partial charge in [0.1, 0.15) is 5.75 Å². The van der Waals surface area contributed by atoms with Gasteiger partial charge >= 0.3 is 5.97 Å². The number of amides is 1. The van der Waals surface area contributed by atoms with Gasteiger partial charge in [-0.05, 0) is 62.1 Å². The van der Waals surface area contributed by atoms with E-state index in [-0.39, 0.29) is 17.9 Å². The highest BCUT2D eigenvalue weighted by Crippen LogP contribution is 2.32. The van der Waals surface area contributed by atoms with E-state index in [2.05, 4.69) is 40.2 Å². The van der Waals surface area contributed by atoms with Gasteiger partial charge in [0.2, 0.25) is 0 Å². The Morgan fingerprint density at radius 3 is 2.32 bits per heavy atom. The topological polar surface area (TPSA) is 65.6 Å². The van der Waals surface area contributed by atoms with Gasteiger partial charge < -0.3 is 19.5 Å². The molecule has 0 spiro atoms. The van der Waals surface area contributed by atoms with Crippen LogP contribution in [0.15, 0.2) is 78.9 Å². The van der Waals surface area contributed by atoms with E-state index >= 15 is 0 Å². The number of aromatic amines is 1. The van der Waals surface area contributed by atoms with Crippen LogP contribution in [0.4, 0.5) is 5.69 Å². The fraction of sp³-hybridized carbons (Fsp3) is 0.290. The second kappa shape index (κ2) is 11.0. The lowest BCUT2D eigenvalue weighted by atomic mass is 9.99. The fourth-order valence-electron chi connectivity index (χ4n) is 5.35. The van der Waals surface area contributed by atoms with Crippen LogP contribution in [0.5, 0.6) is 5.75 Å². The van der Waals surface area contributed by atoms with Crippen LogP contribution in [-0.4, -0.2) is 47.4 Å². The number of anilines is 1. The summed E-state index contributed by atoms with van der Waals surface area (Å²) in [4.78, 5) is 33.6. The minimum Gasteiger partial charge on any atom is -0.427 e. The molecule has 6 heteroatoms. The Hall–Kier alpha value is -3.90. The first kappa shape index (κ1) is 24.8. The molecule has 1 aromatic heterocycles. The van der Waals surface area contributed by atoms with Gasteiger partial charge in [-0.2, -0.15) is 0 Å². The molecule has 37 heavy (non-hydrogen) atoms. The third-order valence-corrected chi connectivity index (χ3v) is 7.17. The Balaban J connectivity index is 1.39. The number of likely N-dealkylation sites (tertiary alicyclic amines) is 1. The first-order valence-electron chi connectivity index (χ1n) is 13.0. The number of rotatable bonds is 7. The molecule has 2 heterocycles. The van der Waals surface area contributed by atoms with Gasteiger partial charge in [-0.25, -0.2) is 0 Å². The molecule has 0 saturated carbocycles. The summed E-state index contributed by atoms with van der Waals surface area (Å²) in [7, 11) is 0. The van der Waals surface area contributed by atoms with Crippen LogP contribution in [0.25, 0.3) is 10.9 Å². The van der Waals surface area contributed by atoms with Crippen molar-refractivity contribution in [2.75, 3.05) is 24.5 Å². The molecule has 0 radical (unpaired) electrons. The number of hydrogen-bond acceptors (Lipinski definition) is 4. The highest BCUT2D eigenvalue weighted by atomic mass is 16.5. The van der Waals surface area contributed by atoms with E-state index in [1.165, 1.54) is 12.5 Å². The Morgan fingerprint density at radius 2 is 1.65 bits per heavy atom. The van der Waals surface area contributed by atoms with Gasteiger partial charge in [0, 0.05) is 54.9 Å². The van der Waals surface area contributed by atoms with Gasteiger partial charge in [-0.3, -0.25) is 9.59 Å². The summed E-state index contributed by atoms with van der Waals surface area (Å²) in [5.74, 6) is 0.0214. The number of hydrogen-bond donors (Lipinski definition) is 1. The number of fused-ring (bicyclic) bond motifs is 1. The van der Waals surface area contributed by atoms with Gasteiger partial charge in [0.15, 0.2) is 0 Å². The van der Waals surface area contributed by atoms with Crippen LogP contribution in [0.3, 0.4) is 0 Å². The predicted molar refractivity (Wildman–Crippen MR) is 147 cm³/mol. The van der Waals surface area contributed by atoms with Crippen molar-refractivity contribution in [1.29, 1.82) is 0 Å². The molecule has 5 rings (SSSR count). The molecule has 1 fully saturated rings. The van der Waals surface area contributed by atoms with Gasteiger partial charge in [0.25, 0.3) is 5.91 Å². The lowest BCUT2D eigenvalue weighted by molar-refractivity contribution is -0.131. The number of esters is 1. The third-order valence-electron chi connectivity index (χ3n) is 7.17. The average molecular weight is 496 g/mol. The third kappa shape index (κ3) is 5.59. The Bertz CT molecular complexity index is 1370. The lowest BCUT2D eigenvalue weighted by Gasteiger charge is -2.38. The first-order valence-corrected chi connectivity index (χ1v) is 13.0. The van der Waals surface area contributed by atoms with E-state index in [0.29, 0.717) is 11.3 Å². The summed E-state index contributed by atoms with van der Waals surface area (Å²) in [6.45, 7) is 6.24. The standard InChI is InChI=1S/C31H33N3O3/c1-22-30(28-21-27(37-23(2)35)13-14-29(28)32-22)31(36)34(25-11-7-4-8-12-25)26-16-19-33(20-17-26)18-15-24-9-5-3-6-10-24/h3-14,21,26,32H,15-20H2,1-2H3. The molecule has 1 aliphatic rings. The summed E-state index contributed by atoms with van der Waals surface area (Å²) in [5.41, 5.74) is 4.54. The van der Waals surface area contributed by atoms with Gasteiger partial charge in [-0.1, -0.05) is 48.5 Å². The van der Waals surface area contributed by atoms with Crippen molar-refractivity contribution in [1.82, 2.24) is 9.88 Å². The minimum atomic E-state index is -0.385. The molecule has 0 atom stereocenters. The maximum absolute atomic E-state index is 14.3.